The number of rotatable bonds is 5. The highest BCUT2D eigenvalue weighted by Crippen LogP contribution is 2.29. The van der Waals surface area contributed by atoms with Crippen molar-refractivity contribution in [2.75, 3.05) is 24.7 Å². The summed E-state index contributed by atoms with van der Waals surface area (Å²) in [6.45, 7) is 1.42. The van der Waals surface area contributed by atoms with Gasteiger partial charge in [0.2, 0.25) is 0 Å². The molecule has 2 aliphatic heterocycles. The van der Waals surface area contributed by atoms with E-state index in [1.807, 2.05) is 0 Å². The van der Waals surface area contributed by atoms with E-state index < -0.39 is 11.5 Å². The van der Waals surface area contributed by atoms with E-state index in [2.05, 4.69) is 5.32 Å². The van der Waals surface area contributed by atoms with Crippen LogP contribution in [0, 0.1) is 0 Å². The number of hydrogen-bond donors (Lipinski definition) is 2. The normalized spacial score (nSPS) is 24.5. The Morgan fingerprint density at radius 3 is 2.54 bits per heavy atom. The lowest BCUT2D eigenvalue weighted by molar-refractivity contribution is -0.143. The molecule has 0 aromatic heterocycles. The first-order valence-electron chi connectivity index (χ1n) is 8.07. The lowest BCUT2D eigenvalue weighted by atomic mass is 9.98. The highest BCUT2D eigenvalue weighted by Gasteiger charge is 2.43. The van der Waals surface area contributed by atoms with Crippen molar-refractivity contribution < 1.29 is 24.2 Å². The molecule has 2 saturated heterocycles. The van der Waals surface area contributed by atoms with Gasteiger partial charge in [-0.05, 0) is 36.4 Å². The summed E-state index contributed by atoms with van der Waals surface area (Å²) >= 11 is 1.54. The third-order valence-corrected chi connectivity index (χ3v) is 5.56. The second kappa shape index (κ2) is 7.44. The number of thioether (sulfide) groups is 1. The number of carboxylic acid groups (broad SMARTS) is 1. The summed E-state index contributed by atoms with van der Waals surface area (Å²) in [5.74, 6) is 0.518. The molecule has 1 aromatic carbocycles. The molecule has 0 bridgehead atoms. The summed E-state index contributed by atoms with van der Waals surface area (Å²) in [7, 11) is 0. The van der Waals surface area contributed by atoms with Crippen LogP contribution in [0.3, 0.4) is 0 Å². The third-order valence-electron chi connectivity index (χ3n) is 4.37. The first-order chi connectivity index (χ1) is 11.6. The van der Waals surface area contributed by atoms with Crippen LogP contribution in [0.4, 0.5) is 0 Å². The molecule has 24 heavy (non-hydrogen) atoms. The molecule has 7 heteroatoms. The fourth-order valence-electron chi connectivity index (χ4n) is 2.85. The fourth-order valence-corrected chi connectivity index (χ4v) is 4.17. The van der Waals surface area contributed by atoms with Crippen LogP contribution in [-0.4, -0.2) is 53.3 Å². The predicted molar refractivity (Wildman–Crippen MR) is 90.7 cm³/mol. The monoisotopic (exact) mass is 351 g/mol. The van der Waals surface area contributed by atoms with Crippen LogP contribution in [0.2, 0.25) is 0 Å². The summed E-state index contributed by atoms with van der Waals surface area (Å²) in [5.41, 5.74) is -0.717. The van der Waals surface area contributed by atoms with Crippen molar-refractivity contribution in [1.29, 1.82) is 0 Å². The Kier molecular flexibility index (Phi) is 5.30. The molecule has 1 aromatic rings. The van der Waals surface area contributed by atoms with E-state index >= 15 is 0 Å². The van der Waals surface area contributed by atoms with E-state index in [0.29, 0.717) is 36.7 Å². The zero-order valence-electron chi connectivity index (χ0n) is 13.3. The van der Waals surface area contributed by atoms with Crippen LogP contribution in [0.15, 0.2) is 24.3 Å². The number of benzene rings is 1. The number of amides is 1. The van der Waals surface area contributed by atoms with Crippen molar-refractivity contribution in [3.8, 4) is 5.75 Å². The maximum atomic E-state index is 12.4. The third kappa shape index (κ3) is 3.84. The molecule has 3 rings (SSSR count). The summed E-state index contributed by atoms with van der Waals surface area (Å²) in [4.78, 5) is 23.9. The van der Waals surface area contributed by atoms with E-state index in [9.17, 15) is 14.7 Å². The van der Waals surface area contributed by atoms with Crippen LogP contribution in [0.5, 0.6) is 5.75 Å². The van der Waals surface area contributed by atoms with Gasteiger partial charge in [0.1, 0.15) is 17.4 Å². The molecule has 2 N–H and O–H groups in total. The smallest absolute Gasteiger partial charge is 0.330 e. The van der Waals surface area contributed by atoms with Gasteiger partial charge in [-0.1, -0.05) is 0 Å². The van der Waals surface area contributed by atoms with Gasteiger partial charge in [0, 0.05) is 24.2 Å². The van der Waals surface area contributed by atoms with Crippen molar-refractivity contribution in [1.82, 2.24) is 5.32 Å². The number of carbonyl (C=O) groups is 2. The van der Waals surface area contributed by atoms with Gasteiger partial charge in [-0.25, -0.2) is 4.79 Å². The number of ether oxygens (including phenoxy) is 2. The van der Waals surface area contributed by atoms with Crippen LogP contribution in [-0.2, 0) is 9.53 Å². The molecule has 1 unspecified atom stereocenters. The Labute approximate surface area is 144 Å². The summed E-state index contributed by atoms with van der Waals surface area (Å²) in [5, 5.41) is 12.1. The molecule has 0 aliphatic carbocycles. The van der Waals surface area contributed by atoms with Crippen LogP contribution >= 0.6 is 11.8 Å². The predicted octanol–water partition coefficient (Wildman–Crippen LogP) is 1.93. The second-order valence-corrected chi connectivity index (χ2v) is 7.20. The molecule has 2 fully saturated rings. The summed E-state index contributed by atoms with van der Waals surface area (Å²) in [6.07, 6.45) is 2.32. The zero-order chi connectivity index (χ0) is 17.0. The molecule has 0 saturated carbocycles. The van der Waals surface area contributed by atoms with Crippen LogP contribution in [0.25, 0.3) is 0 Å². The molecular formula is C17H21NO5S. The molecule has 2 aliphatic rings. The molecule has 0 radical (unpaired) electrons. The topological polar surface area (TPSA) is 84.9 Å². The van der Waals surface area contributed by atoms with Gasteiger partial charge in [-0.2, -0.15) is 11.8 Å². The lowest BCUT2D eigenvalue weighted by Gasteiger charge is -2.25. The van der Waals surface area contributed by atoms with E-state index in [4.69, 9.17) is 9.47 Å². The molecule has 6 nitrogen and oxygen atoms in total. The molecule has 130 valence electrons. The number of nitrogens with one attached hydrogen (secondary N) is 1. The van der Waals surface area contributed by atoms with Crippen molar-refractivity contribution in [3.05, 3.63) is 29.8 Å². The van der Waals surface area contributed by atoms with Crippen molar-refractivity contribution >= 4 is 23.6 Å². The van der Waals surface area contributed by atoms with Gasteiger partial charge < -0.3 is 19.9 Å². The lowest BCUT2D eigenvalue weighted by Crippen LogP contribution is -2.54. The van der Waals surface area contributed by atoms with Crippen LogP contribution in [0.1, 0.15) is 29.6 Å². The highest BCUT2D eigenvalue weighted by atomic mass is 32.2. The Morgan fingerprint density at radius 2 is 1.96 bits per heavy atom. The molecule has 1 atom stereocenters. The quantitative estimate of drug-likeness (QED) is 0.843. The van der Waals surface area contributed by atoms with Crippen molar-refractivity contribution in [3.63, 3.8) is 0 Å². The van der Waals surface area contributed by atoms with Gasteiger partial charge in [-0.3, -0.25) is 4.79 Å². The minimum Gasteiger partial charge on any atom is -0.490 e. The van der Waals surface area contributed by atoms with Gasteiger partial charge in [0.25, 0.3) is 5.91 Å². The first kappa shape index (κ1) is 17.1. The van der Waals surface area contributed by atoms with E-state index in [0.717, 1.165) is 18.6 Å². The van der Waals surface area contributed by atoms with Gasteiger partial charge in [-0.15, -0.1) is 0 Å². The van der Waals surface area contributed by atoms with E-state index in [1.165, 1.54) is 0 Å². The van der Waals surface area contributed by atoms with Gasteiger partial charge >= 0.3 is 5.97 Å². The standard InChI is InChI=1S/C17H21NO5S/c19-15(18-17(16(20)21)7-10-24-11-17)12-1-3-13(4-2-12)23-14-5-8-22-9-6-14/h1-4,14H,5-11H2,(H,18,19)(H,20,21). The van der Waals surface area contributed by atoms with Crippen LogP contribution < -0.4 is 10.1 Å². The minimum absolute atomic E-state index is 0.143. The number of hydrogen-bond acceptors (Lipinski definition) is 5. The van der Waals surface area contributed by atoms with Gasteiger partial charge in [0.05, 0.1) is 13.2 Å². The maximum absolute atomic E-state index is 12.4. The highest BCUT2D eigenvalue weighted by molar-refractivity contribution is 7.99. The average molecular weight is 351 g/mol. The largest absolute Gasteiger partial charge is 0.490 e. The second-order valence-electron chi connectivity index (χ2n) is 6.10. The molecule has 1 amide bonds. The van der Waals surface area contributed by atoms with Crippen molar-refractivity contribution in [2.24, 2.45) is 0 Å². The van der Waals surface area contributed by atoms with E-state index in [1.54, 1.807) is 36.0 Å². The summed E-state index contributed by atoms with van der Waals surface area (Å²) in [6, 6.07) is 6.84. The SMILES string of the molecule is O=C(NC1(C(=O)O)CCSC1)c1ccc(OC2CCOCC2)cc1. The summed E-state index contributed by atoms with van der Waals surface area (Å²) < 4.78 is 11.2. The zero-order valence-corrected chi connectivity index (χ0v) is 14.1. The number of aliphatic carboxylic acids is 1. The molecule has 0 spiro atoms. The number of carbonyl (C=O) groups excluding carboxylic acids is 1. The molecular weight excluding hydrogens is 330 g/mol. The van der Waals surface area contributed by atoms with Crippen molar-refractivity contribution in [2.45, 2.75) is 30.9 Å². The minimum atomic E-state index is -1.15. The first-order valence-corrected chi connectivity index (χ1v) is 9.23. The van der Waals surface area contributed by atoms with E-state index in [-0.39, 0.29) is 12.0 Å². The fraction of sp³-hybridized carbons (Fsp3) is 0.529. The number of carboxylic acids is 1. The Morgan fingerprint density at radius 1 is 1.25 bits per heavy atom. The molecule has 2 heterocycles. The maximum Gasteiger partial charge on any atom is 0.330 e. The Balaban J connectivity index is 1.62. The average Bonchev–Trinajstić information content (AvgIpc) is 3.06. The van der Waals surface area contributed by atoms with Gasteiger partial charge in [0.15, 0.2) is 0 Å². The Bertz CT molecular complexity index is 592. The Hall–Kier alpha value is -1.73.